The van der Waals surface area contributed by atoms with Crippen molar-refractivity contribution in [1.82, 2.24) is 20.7 Å². The minimum Gasteiger partial charge on any atom is -0.493 e. The normalized spacial score (nSPS) is 18.5. The van der Waals surface area contributed by atoms with Crippen molar-refractivity contribution in [3.05, 3.63) is 95.0 Å². The first kappa shape index (κ1) is 29.7. The van der Waals surface area contributed by atoms with Gasteiger partial charge in [-0.25, -0.2) is 4.39 Å². The van der Waals surface area contributed by atoms with Crippen molar-refractivity contribution in [1.29, 1.82) is 0 Å². The van der Waals surface area contributed by atoms with Gasteiger partial charge < -0.3 is 34.3 Å². The van der Waals surface area contributed by atoms with Gasteiger partial charge in [-0.1, -0.05) is 35.5 Å². The van der Waals surface area contributed by atoms with Crippen molar-refractivity contribution >= 4 is 17.7 Å². The molecule has 12 heteroatoms. The monoisotopic (exact) mass is 614 g/mol. The molecule has 1 aromatic heterocycles. The van der Waals surface area contributed by atoms with E-state index in [0.717, 1.165) is 5.56 Å². The zero-order chi connectivity index (χ0) is 31.5. The Labute approximate surface area is 258 Å². The van der Waals surface area contributed by atoms with E-state index in [1.165, 1.54) is 25.3 Å². The number of nitrogens with zero attached hydrogens (tertiary/aromatic N) is 2. The number of fused-ring (bicyclic) bond motifs is 5. The molecule has 6 rings (SSSR count). The van der Waals surface area contributed by atoms with Crippen LogP contribution < -0.4 is 24.8 Å². The first-order valence-electron chi connectivity index (χ1n) is 14.4. The van der Waals surface area contributed by atoms with Gasteiger partial charge in [0.2, 0.25) is 0 Å². The van der Waals surface area contributed by atoms with E-state index < -0.39 is 36.4 Å². The minimum absolute atomic E-state index is 0.0458. The number of likely N-dealkylation sites (tertiary alicyclic amines) is 1. The van der Waals surface area contributed by atoms with Crippen molar-refractivity contribution in [2.75, 3.05) is 26.8 Å². The summed E-state index contributed by atoms with van der Waals surface area (Å²) in [5.74, 6) is -0.590. The number of methoxy groups -OCH3 is 1. The zero-order valence-corrected chi connectivity index (χ0v) is 24.7. The number of carbonyl (C=O) groups is 3. The Bertz CT molecular complexity index is 1740. The Morgan fingerprint density at radius 1 is 1.07 bits per heavy atom. The average Bonchev–Trinajstić information content (AvgIpc) is 3.43. The van der Waals surface area contributed by atoms with Crippen LogP contribution in [0.5, 0.6) is 17.2 Å². The van der Waals surface area contributed by atoms with Crippen LogP contribution in [0.3, 0.4) is 0 Å². The standard InChI is InChI=1S/C33H31FN4O7/c1-19-30(31(37-45-19)21-6-4-3-5-7-21)33(41)38-11-10-26-25(17-38)36-29(39)18-43-28-14-22(8-9-27(28)42-2)32(40)35-16-20-12-23(34)15-24(13-20)44-26/h3-9,12-15,25-26H,10-11,16-18H2,1-2H3,(H,35,40)(H,36,39)/t25-,26+/m1/s1. The fourth-order valence-corrected chi connectivity index (χ4v) is 5.54. The van der Waals surface area contributed by atoms with Crippen molar-refractivity contribution in [3.8, 4) is 28.5 Å². The third-order valence-electron chi connectivity index (χ3n) is 7.76. The number of amides is 3. The predicted octanol–water partition coefficient (Wildman–Crippen LogP) is 3.90. The zero-order valence-electron chi connectivity index (χ0n) is 24.7. The highest BCUT2D eigenvalue weighted by Gasteiger charge is 2.37. The molecule has 3 amide bonds. The molecule has 0 unspecified atom stereocenters. The van der Waals surface area contributed by atoms with Gasteiger partial charge in [-0.05, 0) is 42.8 Å². The fraction of sp³-hybridized carbons (Fsp3) is 0.273. The Morgan fingerprint density at radius 3 is 2.69 bits per heavy atom. The number of benzene rings is 3. The number of nitrogens with one attached hydrogen (secondary N) is 2. The Kier molecular flexibility index (Phi) is 8.37. The summed E-state index contributed by atoms with van der Waals surface area (Å²) in [6.45, 7) is 1.73. The summed E-state index contributed by atoms with van der Waals surface area (Å²) in [4.78, 5) is 41.6. The van der Waals surface area contributed by atoms with E-state index in [-0.39, 0.29) is 36.1 Å². The molecule has 0 radical (unpaired) electrons. The maximum absolute atomic E-state index is 14.7. The number of ether oxygens (including phenoxy) is 3. The second-order valence-corrected chi connectivity index (χ2v) is 10.8. The molecule has 4 aromatic rings. The summed E-state index contributed by atoms with van der Waals surface area (Å²) in [5, 5.41) is 9.85. The number of rotatable bonds is 3. The quantitative estimate of drug-likeness (QED) is 0.355. The third-order valence-corrected chi connectivity index (χ3v) is 7.76. The van der Waals surface area contributed by atoms with Gasteiger partial charge in [-0.2, -0.15) is 0 Å². The number of piperidine rings is 1. The van der Waals surface area contributed by atoms with E-state index in [0.29, 0.717) is 41.3 Å². The van der Waals surface area contributed by atoms with Gasteiger partial charge in [0.05, 0.1) is 13.2 Å². The third kappa shape index (κ3) is 6.44. The van der Waals surface area contributed by atoms with Gasteiger partial charge in [-0.15, -0.1) is 0 Å². The van der Waals surface area contributed by atoms with Gasteiger partial charge in [0, 0.05) is 43.2 Å². The van der Waals surface area contributed by atoms with Gasteiger partial charge in [0.1, 0.15) is 34.7 Å². The van der Waals surface area contributed by atoms with Crippen LogP contribution in [0.4, 0.5) is 4.39 Å². The second-order valence-electron chi connectivity index (χ2n) is 10.8. The van der Waals surface area contributed by atoms with Crippen LogP contribution in [0.2, 0.25) is 0 Å². The van der Waals surface area contributed by atoms with E-state index in [4.69, 9.17) is 18.7 Å². The van der Waals surface area contributed by atoms with Crippen molar-refractivity contribution in [2.24, 2.45) is 0 Å². The molecule has 4 bridgehead atoms. The van der Waals surface area contributed by atoms with Gasteiger partial charge in [0.25, 0.3) is 17.7 Å². The molecule has 0 aliphatic carbocycles. The molecule has 3 heterocycles. The summed E-state index contributed by atoms with van der Waals surface area (Å²) >= 11 is 0. The van der Waals surface area contributed by atoms with E-state index in [1.807, 2.05) is 30.3 Å². The van der Waals surface area contributed by atoms with Gasteiger partial charge >= 0.3 is 0 Å². The predicted molar refractivity (Wildman–Crippen MR) is 160 cm³/mol. The molecule has 2 aliphatic heterocycles. The van der Waals surface area contributed by atoms with Crippen LogP contribution in [0.15, 0.2) is 71.3 Å². The van der Waals surface area contributed by atoms with Crippen molar-refractivity contribution in [2.45, 2.75) is 32.0 Å². The Morgan fingerprint density at radius 2 is 1.89 bits per heavy atom. The maximum atomic E-state index is 14.7. The highest BCUT2D eigenvalue weighted by molar-refractivity contribution is 6.01. The first-order chi connectivity index (χ1) is 21.8. The van der Waals surface area contributed by atoms with Crippen LogP contribution in [0, 0.1) is 12.7 Å². The number of aromatic nitrogens is 1. The molecule has 0 saturated carbocycles. The summed E-state index contributed by atoms with van der Waals surface area (Å²) in [6, 6.07) is 17.4. The summed E-state index contributed by atoms with van der Waals surface area (Å²) in [7, 11) is 1.45. The molecule has 0 spiro atoms. The lowest BCUT2D eigenvalue weighted by atomic mass is 9.99. The number of carbonyl (C=O) groups excluding carboxylic acids is 3. The molecular weight excluding hydrogens is 583 g/mol. The summed E-state index contributed by atoms with van der Waals surface area (Å²) < 4.78 is 37.4. The number of aryl methyl sites for hydroxylation is 1. The first-order valence-corrected chi connectivity index (χ1v) is 14.4. The molecule has 11 nitrogen and oxygen atoms in total. The molecule has 1 saturated heterocycles. The van der Waals surface area contributed by atoms with Crippen molar-refractivity contribution < 1.29 is 37.5 Å². The molecule has 45 heavy (non-hydrogen) atoms. The molecule has 2 aliphatic rings. The molecule has 2 atom stereocenters. The Balaban J connectivity index is 1.30. The summed E-state index contributed by atoms with van der Waals surface area (Å²) in [5.41, 5.74) is 2.27. The van der Waals surface area contributed by atoms with E-state index in [2.05, 4.69) is 15.8 Å². The fourth-order valence-electron chi connectivity index (χ4n) is 5.54. The van der Waals surface area contributed by atoms with Crippen LogP contribution >= 0.6 is 0 Å². The number of hydrogen-bond acceptors (Lipinski definition) is 8. The summed E-state index contributed by atoms with van der Waals surface area (Å²) in [6.07, 6.45) is -0.272. The molecule has 2 N–H and O–H groups in total. The molecule has 3 aromatic carbocycles. The number of hydrogen-bond donors (Lipinski definition) is 2. The average molecular weight is 615 g/mol. The topological polar surface area (TPSA) is 132 Å². The molecular formula is C33H31FN4O7. The highest BCUT2D eigenvalue weighted by Crippen LogP contribution is 2.30. The van der Waals surface area contributed by atoms with Crippen LogP contribution in [-0.2, 0) is 11.3 Å². The maximum Gasteiger partial charge on any atom is 0.259 e. The lowest BCUT2D eigenvalue weighted by Gasteiger charge is -2.39. The smallest absolute Gasteiger partial charge is 0.259 e. The van der Waals surface area contributed by atoms with Crippen molar-refractivity contribution in [3.63, 3.8) is 0 Å². The van der Waals surface area contributed by atoms with Crippen LogP contribution in [-0.4, -0.2) is 66.7 Å². The largest absolute Gasteiger partial charge is 0.493 e. The molecule has 232 valence electrons. The van der Waals surface area contributed by atoms with E-state index in [9.17, 15) is 18.8 Å². The van der Waals surface area contributed by atoms with Gasteiger partial charge in [-0.3, -0.25) is 14.4 Å². The SMILES string of the molecule is COc1ccc2cc1OCC(=O)N[C@@H]1CN(C(=O)c3c(-c4ccccc4)noc3C)CC[C@@H]1Oc1cc(F)cc(c1)CNC2=O. The van der Waals surface area contributed by atoms with E-state index in [1.54, 1.807) is 30.0 Å². The Hall–Kier alpha value is -5.39. The lowest BCUT2D eigenvalue weighted by molar-refractivity contribution is -0.125. The molecule has 1 fully saturated rings. The second kappa shape index (κ2) is 12.7. The van der Waals surface area contributed by atoms with Crippen LogP contribution in [0.1, 0.15) is 38.5 Å². The van der Waals surface area contributed by atoms with Gasteiger partial charge in [0.15, 0.2) is 18.1 Å². The minimum atomic E-state index is -0.674. The van der Waals surface area contributed by atoms with Crippen LogP contribution in [0.25, 0.3) is 11.3 Å². The van der Waals surface area contributed by atoms with E-state index >= 15 is 0 Å². The highest BCUT2D eigenvalue weighted by atomic mass is 19.1. The number of halogens is 1. The lowest BCUT2D eigenvalue weighted by Crippen LogP contribution is -2.58.